The first-order valence-electron chi connectivity index (χ1n) is 6.67. The highest BCUT2D eigenvalue weighted by molar-refractivity contribution is 5.97. The minimum absolute atomic E-state index is 0.240. The third-order valence-corrected chi connectivity index (χ3v) is 2.79. The molecule has 5 nitrogen and oxygen atoms in total. The molecule has 1 atom stereocenters. The van der Waals surface area contributed by atoms with Gasteiger partial charge in [-0.25, -0.2) is 4.79 Å². The number of hydrogen-bond donors (Lipinski definition) is 2. The topological polar surface area (TPSA) is 75.6 Å². The first-order valence-corrected chi connectivity index (χ1v) is 6.67. The molecule has 0 saturated heterocycles. The second kappa shape index (κ2) is 8.08. The van der Waals surface area contributed by atoms with Crippen LogP contribution in [0.3, 0.4) is 0 Å². The van der Waals surface area contributed by atoms with Crippen molar-refractivity contribution in [3.05, 3.63) is 34.9 Å². The van der Waals surface area contributed by atoms with Crippen molar-refractivity contribution < 1.29 is 19.4 Å². The number of hydrogen-bond acceptors (Lipinski definition) is 4. The van der Waals surface area contributed by atoms with Crippen molar-refractivity contribution in [3.8, 4) is 11.8 Å². The number of aliphatic hydroxyl groups is 1. The van der Waals surface area contributed by atoms with Gasteiger partial charge in [0.05, 0.1) is 6.61 Å². The van der Waals surface area contributed by atoms with Crippen molar-refractivity contribution in [2.75, 3.05) is 13.2 Å². The van der Waals surface area contributed by atoms with E-state index < -0.39 is 12.0 Å². The number of esters is 1. The molecule has 1 rings (SSSR count). The van der Waals surface area contributed by atoms with Gasteiger partial charge in [-0.15, -0.1) is 0 Å². The number of benzene rings is 1. The van der Waals surface area contributed by atoms with Crippen molar-refractivity contribution >= 4 is 11.9 Å². The van der Waals surface area contributed by atoms with Gasteiger partial charge < -0.3 is 15.2 Å². The molecule has 5 heteroatoms. The van der Waals surface area contributed by atoms with Crippen LogP contribution in [0.1, 0.15) is 35.3 Å². The number of carbonyl (C=O) groups excluding carboxylic acids is 2. The van der Waals surface area contributed by atoms with Gasteiger partial charge in [-0.2, -0.15) is 0 Å². The Labute approximate surface area is 124 Å². The number of rotatable bonds is 4. The average Bonchev–Trinajstić information content (AvgIpc) is 2.46. The minimum atomic E-state index is -0.717. The molecule has 0 spiro atoms. The van der Waals surface area contributed by atoms with Crippen LogP contribution in [0.4, 0.5) is 0 Å². The first kappa shape index (κ1) is 16.7. The van der Waals surface area contributed by atoms with Gasteiger partial charge in [-0.05, 0) is 38.5 Å². The Morgan fingerprint density at radius 1 is 1.43 bits per heavy atom. The first-order chi connectivity index (χ1) is 9.99. The molecule has 0 saturated carbocycles. The lowest BCUT2D eigenvalue weighted by molar-refractivity contribution is -0.144. The van der Waals surface area contributed by atoms with Crippen molar-refractivity contribution in [3.63, 3.8) is 0 Å². The van der Waals surface area contributed by atoms with E-state index in [0.717, 1.165) is 5.56 Å². The van der Waals surface area contributed by atoms with Crippen LogP contribution in [0.25, 0.3) is 0 Å². The van der Waals surface area contributed by atoms with E-state index in [4.69, 9.17) is 9.84 Å². The van der Waals surface area contributed by atoms with Gasteiger partial charge >= 0.3 is 5.97 Å². The summed E-state index contributed by atoms with van der Waals surface area (Å²) in [5.41, 5.74) is 1.98. The standard InChI is InChI=1S/C16H19NO4/c1-4-21-16(20)12(3)17-15(19)14-8-7-11(2)13(10-14)6-5-9-18/h7-8,10,12,18H,4,9H2,1-3H3,(H,17,19). The molecule has 21 heavy (non-hydrogen) atoms. The van der Waals surface area contributed by atoms with Gasteiger partial charge in [-0.3, -0.25) is 4.79 Å². The molecule has 1 aromatic carbocycles. The van der Waals surface area contributed by atoms with Crippen LogP contribution < -0.4 is 5.32 Å². The Hall–Kier alpha value is -2.32. The lowest BCUT2D eigenvalue weighted by Gasteiger charge is -2.13. The lowest BCUT2D eigenvalue weighted by Crippen LogP contribution is -2.39. The highest BCUT2D eigenvalue weighted by Crippen LogP contribution is 2.10. The maximum absolute atomic E-state index is 12.1. The van der Waals surface area contributed by atoms with Gasteiger partial charge in [0.2, 0.25) is 0 Å². The van der Waals surface area contributed by atoms with Gasteiger partial charge in [0.1, 0.15) is 12.6 Å². The molecule has 0 aliphatic carbocycles. The summed E-state index contributed by atoms with van der Waals surface area (Å²) in [5, 5.41) is 11.3. The van der Waals surface area contributed by atoms with E-state index in [1.807, 2.05) is 6.92 Å². The zero-order valence-corrected chi connectivity index (χ0v) is 12.4. The zero-order valence-electron chi connectivity index (χ0n) is 12.4. The summed E-state index contributed by atoms with van der Waals surface area (Å²) >= 11 is 0. The van der Waals surface area contributed by atoms with Crippen LogP contribution in [0.15, 0.2) is 18.2 Å². The van der Waals surface area contributed by atoms with E-state index in [9.17, 15) is 9.59 Å². The predicted octanol–water partition coefficient (Wildman–Crippen LogP) is 1.02. The Kier molecular flexibility index (Phi) is 6.44. The second-order valence-corrected chi connectivity index (χ2v) is 4.44. The molecular weight excluding hydrogens is 270 g/mol. The molecule has 112 valence electrons. The van der Waals surface area contributed by atoms with Crippen LogP contribution in [0, 0.1) is 18.8 Å². The third kappa shape index (κ3) is 4.93. The molecule has 0 aliphatic heterocycles. The Balaban J connectivity index is 2.86. The summed E-state index contributed by atoms with van der Waals surface area (Å²) in [4.78, 5) is 23.6. The van der Waals surface area contributed by atoms with Gasteiger partial charge in [0.15, 0.2) is 0 Å². The molecule has 0 aromatic heterocycles. The SMILES string of the molecule is CCOC(=O)C(C)NC(=O)c1ccc(C)c(C#CCO)c1. The van der Waals surface area contributed by atoms with E-state index in [-0.39, 0.29) is 19.1 Å². The molecule has 0 heterocycles. The number of carbonyl (C=O) groups is 2. The van der Waals surface area contributed by atoms with Crippen LogP contribution in [-0.2, 0) is 9.53 Å². The molecule has 0 fully saturated rings. The fourth-order valence-corrected chi connectivity index (χ4v) is 1.64. The van der Waals surface area contributed by atoms with E-state index in [0.29, 0.717) is 11.1 Å². The maximum atomic E-state index is 12.1. The van der Waals surface area contributed by atoms with Crippen LogP contribution in [-0.4, -0.2) is 36.2 Å². The third-order valence-electron chi connectivity index (χ3n) is 2.79. The van der Waals surface area contributed by atoms with Crippen molar-refractivity contribution in [1.29, 1.82) is 0 Å². The van der Waals surface area contributed by atoms with E-state index in [1.165, 1.54) is 0 Å². The normalized spacial score (nSPS) is 11.0. The van der Waals surface area contributed by atoms with Crippen molar-refractivity contribution in [1.82, 2.24) is 5.32 Å². The van der Waals surface area contributed by atoms with Crippen molar-refractivity contribution in [2.45, 2.75) is 26.8 Å². The number of amides is 1. The Morgan fingerprint density at radius 2 is 2.14 bits per heavy atom. The van der Waals surface area contributed by atoms with E-state index in [1.54, 1.807) is 32.0 Å². The largest absolute Gasteiger partial charge is 0.464 e. The molecule has 1 aromatic rings. The fourth-order valence-electron chi connectivity index (χ4n) is 1.64. The van der Waals surface area contributed by atoms with E-state index >= 15 is 0 Å². The highest BCUT2D eigenvalue weighted by Gasteiger charge is 2.17. The van der Waals surface area contributed by atoms with Crippen LogP contribution in [0.5, 0.6) is 0 Å². The molecule has 1 unspecified atom stereocenters. The number of aliphatic hydroxyl groups excluding tert-OH is 1. The van der Waals surface area contributed by atoms with Crippen LogP contribution in [0.2, 0.25) is 0 Å². The molecule has 2 N–H and O–H groups in total. The lowest BCUT2D eigenvalue weighted by atomic mass is 10.0. The quantitative estimate of drug-likeness (QED) is 0.641. The van der Waals surface area contributed by atoms with E-state index in [2.05, 4.69) is 17.2 Å². The minimum Gasteiger partial charge on any atom is -0.464 e. The molecule has 0 bridgehead atoms. The van der Waals surface area contributed by atoms with Crippen LogP contribution >= 0.6 is 0 Å². The smallest absolute Gasteiger partial charge is 0.328 e. The molecule has 1 amide bonds. The average molecular weight is 289 g/mol. The molecular formula is C16H19NO4. The summed E-state index contributed by atoms with van der Waals surface area (Å²) in [6, 6.07) is 4.34. The molecule has 0 aliphatic rings. The van der Waals surface area contributed by atoms with Gasteiger partial charge in [0.25, 0.3) is 5.91 Å². The Morgan fingerprint density at radius 3 is 2.76 bits per heavy atom. The summed E-state index contributed by atoms with van der Waals surface area (Å²) < 4.78 is 4.83. The summed E-state index contributed by atoms with van der Waals surface area (Å²) in [6.45, 7) is 5.17. The summed E-state index contributed by atoms with van der Waals surface area (Å²) in [5.74, 6) is 4.48. The Bertz CT molecular complexity index is 584. The van der Waals surface area contributed by atoms with Gasteiger partial charge in [-0.1, -0.05) is 17.9 Å². The number of ether oxygens (including phenoxy) is 1. The second-order valence-electron chi connectivity index (χ2n) is 4.44. The monoisotopic (exact) mass is 289 g/mol. The number of nitrogens with one attached hydrogen (secondary N) is 1. The van der Waals surface area contributed by atoms with Crippen molar-refractivity contribution in [2.24, 2.45) is 0 Å². The fraction of sp³-hybridized carbons (Fsp3) is 0.375. The summed E-state index contributed by atoms with van der Waals surface area (Å²) in [7, 11) is 0. The summed E-state index contributed by atoms with van der Waals surface area (Å²) in [6.07, 6.45) is 0. The van der Waals surface area contributed by atoms with Gasteiger partial charge in [0, 0.05) is 11.1 Å². The highest BCUT2D eigenvalue weighted by atomic mass is 16.5. The zero-order chi connectivity index (χ0) is 15.8. The molecule has 0 radical (unpaired) electrons. The number of aryl methyl sites for hydroxylation is 1. The maximum Gasteiger partial charge on any atom is 0.328 e. The predicted molar refractivity (Wildman–Crippen MR) is 78.7 cm³/mol.